The Hall–Kier alpha value is -3.08. The molecule has 0 spiro atoms. The van der Waals surface area contributed by atoms with E-state index in [9.17, 15) is 4.79 Å². The third-order valence-electron chi connectivity index (χ3n) is 6.78. The van der Waals surface area contributed by atoms with Crippen molar-refractivity contribution in [2.75, 3.05) is 24.5 Å². The average molecular weight is 415 g/mol. The van der Waals surface area contributed by atoms with Gasteiger partial charge in [-0.15, -0.1) is 0 Å². The number of aromatic amines is 1. The van der Waals surface area contributed by atoms with Crippen LogP contribution in [-0.4, -0.2) is 46.7 Å². The number of hydrogen-bond donors (Lipinski definition) is 1. The Morgan fingerprint density at radius 3 is 2.84 bits per heavy atom. The molecule has 5 heteroatoms. The second-order valence-corrected chi connectivity index (χ2v) is 9.04. The average Bonchev–Trinajstić information content (AvgIpc) is 3.44. The normalized spacial score (nSPS) is 20.7. The van der Waals surface area contributed by atoms with E-state index in [1.807, 2.05) is 42.7 Å². The molecule has 5 rings (SSSR count). The summed E-state index contributed by atoms with van der Waals surface area (Å²) in [6, 6.07) is 17.2. The Kier molecular flexibility index (Phi) is 5.49. The minimum atomic E-state index is 0.255. The highest BCUT2D eigenvalue weighted by molar-refractivity contribution is 5.79. The summed E-state index contributed by atoms with van der Waals surface area (Å²) >= 11 is 0. The highest BCUT2D eigenvalue weighted by Crippen LogP contribution is 2.33. The molecule has 0 saturated carbocycles. The molecular weight excluding hydrogens is 384 g/mol. The molecule has 2 atom stereocenters. The van der Waals surface area contributed by atoms with Crippen LogP contribution in [0.4, 0.5) is 5.69 Å². The van der Waals surface area contributed by atoms with E-state index in [4.69, 9.17) is 0 Å². The summed E-state index contributed by atoms with van der Waals surface area (Å²) in [6.45, 7) is 5.19. The van der Waals surface area contributed by atoms with E-state index in [1.54, 1.807) is 0 Å². The number of anilines is 1. The van der Waals surface area contributed by atoms with Gasteiger partial charge in [0.25, 0.3) is 0 Å². The lowest BCUT2D eigenvalue weighted by Crippen LogP contribution is -2.37. The maximum atomic E-state index is 12.9. The number of nitrogens with zero attached hydrogens (tertiary/aromatic N) is 3. The molecule has 1 saturated heterocycles. The zero-order valence-corrected chi connectivity index (χ0v) is 18.1. The standard InChI is InChI=1S/C26H30N4O/c1-19-12-21(18-30(19)26(31)13-20-6-3-2-4-7-20)17-29-11-5-8-23-14-22(9-10-25(23)29)24-15-27-28-16-24/h2-4,6-7,9-10,14-16,19,21H,5,8,11-13,17-18H2,1H3,(H,27,28). The summed E-state index contributed by atoms with van der Waals surface area (Å²) in [5.74, 6) is 0.777. The van der Waals surface area contributed by atoms with Crippen LogP contribution in [-0.2, 0) is 17.6 Å². The summed E-state index contributed by atoms with van der Waals surface area (Å²) in [7, 11) is 0. The molecule has 1 fully saturated rings. The number of amides is 1. The Labute approximate surface area is 184 Å². The molecule has 3 aromatic rings. The second-order valence-electron chi connectivity index (χ2n) is 9.04. The van der Waals surface area contributed by atoms with E-state index < -0.39 is 0 Å². The minimum absolute atomic E-state index is 0.255. The van der Waals surface area contributed by atoms with Crippen LogP contribution in [0.25, 0.3) is 11.1 Å². The number of rotatable bonds is 5. The summed E-state index contributed by atoms with van der Waals surface area (Å²) < 4.78 is 0. The molecule has 31 heavy (non-hydrogen) atoms. The first-order chi connectivity index (χ1) is 15.2. The zero-order chi connectivity index (χ0) is 21.2. The van der Waals surface area contributed by atoms with Gasteiger partial charge in [-0.25, -0.2) is 0 Å². The van der Waals surface area contributed by atoms with E-state index in [0.29, 0.717) is 18.4 Å². The van der Waals surface area contributed by atoms with Crippen molar-refractivity contribution >= 4 is 11.6 Å². The summed E-state index contributed by atoms with van der Waals surface area (Å²) in [4.78, 5) is 17.6. The lowest BCUT2D eigenvalue weighted by molar-refractivity contribution is -0.131. The maximum absolute atomic E-state index is 12.9. The fourth-order valence-electron chi connectivity index (χ4n) is 5.26. The topological polar surface area (TPSA) is 52.2 Å². The van der Waals surface area contributed by atoms with Gasteiger partial charge in [0, 0.05) is 43.1 Å². The van der Waals surface area contributed by atoms with Crippen LogP contribution in [0.3, 0.4) is 0 Å². The summed E-state index contributed by atoms with van der Waals surface area (Å²) in [5.41, 5.74) is 6.24. The van der Waals surface area contributed by atoms with Crippen molar-refractivity contribution in [3.63, 3.8) is 0 Å². The smallest absolute Gasteiger partial charge is 0.227 e. The fraction of sp³-hybridized carbons (Fsp3) is 0.385. The molecule has 0 radical (unpaired) electrons. The van der Waals surface area contributed by atoms with Gasteiger partial charge in [0.2, 0.25) is 5.91 Å². The number of carbonyl (C=O) groups is 1. The summed E-state index contributed by atoms with van der Waals surface area (Å²) in [5, 5.41) is 6.99. The number of benzene rings is 2. The Morgan fingerprint density at radius 2 is 2.03 bits per heavy atom. The van der Waals surface area contributed by atoms with Crippen molar-refractivity contribution in [1.29, 1.82) is 0 Å². The third-order valence-corrected chi connectivity index (χ3v) is 6.78. The van der Waals surface area contributed by atoms with Gasteiger partial charge in [-0.05, 0) is 60.9 Å². The van der Waals surface area contributed by atoms with E-state index in [-0.39, 0.29) is 5.91 Å². The third kappa shape index (κ3) is 4.22. The van der Waals surface area contributed by atoms with Gasteiger partial charge in [0.15, 0.2) is 0 Å². The molecule has 3 heterocycles. The van der Waals surface area contributed by atoms with E-state index in [0.717, 1.165) is 43.6 Å². The van der Waals surface area contributed by atoms with Crippen LogP contribution >= 0.6 is 0 Å². The number of hydrogen-bond acceptors (Lipinski definition) is 3. The van der Waals surface area contributed by atoms with Gasteiger partial charge in [-0.2, -0.15) is 5.10 Å². The van der Waals surface area contributed by atoms with E-state index in [2.05, 4.69) is 45.1 Å². The number of aromatic nitrogens is 2. The predicted octanol–water partition coefficient (Wildman–Crippen LogP) is 4.31. The molecule has 1 N–H and O–H groups in total. The molecule has 1 aromatic heterocycles. The van der Waals surface area contributed by atoms with Crippen molar-refractivity contribution < 1.29 is 4.79 Å². The monoisotopic (exact) mass is 414 g/mol. The molecule has 160 valence electrons. The van der Waals surface area contributed by atoms with Gasteiger partial charge in [-0.3, -0.25) is 9.89 Å². The SMILES string of the molecule is CC1CC(CN2CCCc3cc(-c4cn[nH]c4)ccc32)CN1C(=O)Cc1ccccc1. The van der Waals surface area contributed by atoms with Crippen molar-refractivity contribution in [2.24, 2.45) is 5.92 Å². The predicted molar refractivity (Wildman–Crippen MR) is 124 cm³/mol. The molecule has 2 aromatic carbocycles. The summed E-state index contributed by atoms with van der Waals surface area (Å²) in [6.07, 6.45) is 7.72. The van der Waals surface area contributed by atoms with Crippen molar-refractivity contribution in [2.45, 2.75) is 38.6 Å². The number of nitrogens with one attached hydrogen (secondary N) is 1. The number of aryl methyl sites for hydroxylation is 1. The molecule has 2 aliphatic heterocycles. The minimum Gasteiger partial charge on any atom is -0.371 e. The van der Waals surface area contributed by atoms with Crippen LogP contribution in [0.2, 0.25) is 0 Å². The molecule has 2 aliphatic rings. The van der Waals surface area contributed by atoms with Crippen molar-refractivity contribution in [1.82, 2.24) is 15.1 Å². The van der Waals surface area contributed by atoms with Gasteiger partial charge in [0.1, 0.15) is 0 Å². The molecule has 5 nitrogen and oxygen atoms in total. The Bertz CT molecular complexity index is 1030. The maximum Gasteiger partial charge on any atom is 0.227 e. The van der Waals surface area contributed by atoms with Gasteiger partial charge < -0.3 is 9.80 Å². The van der Waals surface area contributed by atoms with Crippen LogP contribution in [0, 0.1) is 5.92 Å². The largest absolute Gasteiger partial charge is 0.371 e. The fourth-order valence-corrected chi connectivity index (χ4v) is 5.26. The molecule has 1 amide bonds. The first kappa shape index (κ1) is 19.9. The Morgan fingerprint density at radius 1 is 1.16 bits per heavy atom. The van der Waals surface area contributed by atoms with Gasteiger partial charge >= 0.3 is 0 Å². The number of fused-ring (bicyclic) bond motifs is 1. The van der Waals surface area contributed by atoms with Crippen LogP contribution in [0.5, 0.6) is 0 Å². The van der Waals surface area contributed by atoms with Gasteiger partial charge in [0.05, 0.1) is 12.6 Å². The number of likely N-dealkylation sites (tertiary alicyclic amines) is 1. The van der Waals surface area contributed by atoms with Gasteiger partial charge in [-0.1, -0.05) is 36.4 Å². The first-order valence-corrected chi connectivity index (χ1v) is 11.4. The van der Waals surface area contributed by atoms with Crippen LogP contribution < -0.4 is 4.90 Å². The second kappa shape index (κ2) is 8.58. The number of carbonyl (C=O) groups excluding carboxylic acids is 1. The lowest BCUT2D eigenvalue weighted by atomic mass is 9.96. The quantitative estimate of drug-likeness (QED) is 0.677. The highest BCUT2D eigenvalue weighted by Gasteiger charge is 2.33. The zero-order valence-electron chi connectivity index (χ0n) is 18.1. The first-order valence-electron chi connectivity index (χ1n) is 11.4. The number of H-pyrrole nitrogens is 1. The molecule has 0 aliphatic carbocycles. The van der Waals surface area contributed by atoms with Crippen molar-refractivity contribution in [3.05, 3.63) is 72.1 Å². The molecule has 2 unspecified atom stereocenters. The van der Waals surface area contributed by atoms with E-state index >= 15 is 0 Å². The Balaban J connectivity index is 1.25. The van der Waals surface area contributed by atoms with Crippen LogP contribution in [0.1, 0.15) is 30.9 Å². The van der Waals surface area contributed by atoms with Crippen LogP contribution in [0.15, 0.2) is 60.9 Å². The van der Waals surface area contributed by atoms with Crippen molar-refractivity contribution in [3.8, 4) is 11.1 Å². The lowest BCUT2D eigenvalue weighted by Gasteiger charge is -2.33. The highest BCUT2D eigenvalue weighted by atomic mass is 16.2. The molecular formula is C26H30N4O. The molecule has 0 bridgehead atoms. The van der Waals surface area contributed by atoms with E-state index in [1.165, 1.54) is 23.2 Å².